The number of aryl methyl sites for hydroxylation is 1. The van der Waals surface area contributed by atoms with E-state index in [0.29, 0.717) is 13.1 Å². The third-order valence-corrected chi connectivity index (χ3v) is 6.54. The van der Waals surface area contributed by atoms with Crippen molar-refractivity contribution >= 4 is 29.0 Å². The molecular formula is C21H25N3O2S. The number of fused-ring (bicyclic) bond motifs is 1. The van der Waals surface area contributed by atoms with Crippen LogP contribution < -0.4 is 10.6 Å². The molecule has 0 atom stereocenters. The summed E-state index contributed by atoms with van der Waals surface area (Å²) in [5, 5.41) is 8.14. The van der Waals surface area contributed by atoms with Crippen molar-refractivity contribution in [1.82, 2.24) is 10.2 Å². The third kappa shape index (κ3) is 4.16. The molecule has 3 amide bonds. The van der Waals surface area contributed by atoms with E-state index in [1.54, 1.807) is 11.3 Å². The average molecular weight is 384 g/mol. The van der Waals surface area contributed by atoms with E-state index in [-0.39, 0.29) is 18.0 Å². The van der Waals surface area contributed by atoms with Crippen LogP contribution in [0.15, 0.2) is 35.7 Å². The molecule has 1 aliphatic heterocycles. The van der Waals surface area contributed by atoms with Gasteiger partial charge in [-0.3, -0.25) is 4.79 Å². The van der Waals surface area contributed by atoms with E-state index in [1.807, 2.05) is 40.6 Å². The van der Waals surface area contributed by atoms with Gasteiger partial charge in [0.15, 0.2) is 0 Å². The molecule has 0 saturated carbocycles. The fraction of sp³-hybridized carbons (Fsp3) is 0.429. The normalized spacial score (nSPS) is 17.3. The number of thiophene rings is 1. The summed E-state index contributed by atoms with van der Waals surface area (Å²) in [5.74, 6) is 0.0570. The number of hydrogen-bond donors (Lipinski definition) is 2. The van der Waals surface area contributed by atoms with Crippen LogP contribution in [0.25, 0.3) is 0 Å². The largest absolute Gasteiger partial charge is 0.349 e. The molecule has 1 fully saturated rings. The van der Waals surface area contributed by atoms with Crippen LogP contribution in [0, 0.1) is 0 Å². The van der Waals surface area contributed by atoms with Gasteiger partial charge in [-0.15, -0.1) is 11.3 Å². The lowest BCUT2D eigenvalue weighted by Crippen LogP contribution is -2.47. The number of benzene rings is 1. The predicted octanol–water partition coefficient (Wildman–Crippen LogP) is 4.05. The SMILES string of the molecule is O=C(NC1CCN(C(=O)Nc2ccccc2)CC1)c1csc2c1CCCC2. The van der Waals surface area contributed by atoms with Crippen molar-refractivity contribution in [3.8, 4) is 0 Å². The summed E-state index contributed by atoms with van der Waals surface area (Å²) in [6.45, 7) is 1.32. The number of piperidine rings is 1. The lowest BCUT2D eigenvalue weighted by Gasteiger charge is -2.32. The molecule has 0 unspecified atom stereocenters. The summed E-state index contributed by atoms with van der Waals surface area (Å²) in [4.78, 5) is 28.3. The molecule has 142 valence electrons. The van der Waals surface area contributed by atoms with Crippen molar-refractivity contribution in [2.75, 3.05) is 18.4 Å². The van der Waals surface area contributed by atoms with E-state index in [1.165, 1.54) is 23.3 Å². The summed E-state index contributed by atoms with van der Waals surface area (Å²) in [6.07, 6.45) is 6.14. The Labute approximate surface area is 163 Å². The third-order valence-electron chi connectivity index (χ3n) is 5.45. The van der Waals surface area contributed by atoms with Crippen LogP contribution in [0.4, 0.5) is 10.5 Å². The number of hydrogen-bond acceptors (Lipinski definition) is 3. The molecule has 0 bridgehead atoms. The maximum Gasteiger partial charge on any atom is 0.321 e. The molecular weight excluding hydrogens is 358 g/mol. The smallest absolute Gasteiger partial charge is 0.321 e. The van der Waals surface area contributed by atoms with Crippen molar-refractivity contribution in [1.29, 1.82) is 0 Å². The molecule has 2 aliphatic rings. The Morgan fingerprint density at radius 2 is 1.78 bits per heavy atom. The van der Waals surface area contributed by atoms with Crippen LogP contribution in [0.5, 0.6) is 0 Å². The van der Waals surface area contributed by atoms with E-state index < -0.39 is 0 Å². The summed E-state index contributed by atoms with van der Waals surface area (Å²) < 4.78 is 0. The molecule has 1 saturated heterocycles. The second-order valence-electron chi connectivity index (χ2n) is 7.29. The van der Waals surface area contributed by atoms with Gasteiger partial charge < -0.3 is 15.5 Å². The molecule has 1 aromatic carbocycles. The van der Waals surface area contributed by atoms with Crippen LogP contribution in [-0.4, -0.2) is 36.0 Å². The van der Waals surface area contributed by atoms with Gasteiger partial charge in [-0.2, -0.15) is 0 Å². The number of nitrogens with zero attached hydrogens (tertiary/aromatic N) is 1. The van der Waals surface area contributed by atoms with Gasteiger partial charge in [0, 0.05) is 35.1 Å². The highest BCUT2D eigenvalue weighted by atomic mass is 32.1. The number of carbonyl (C=O) groups is 2. The van der Waals surface area contributed by atoms with Crippen molar-refractivity contribution in [3.63, 3.8) is 0 Å². The van der Waals surface area contributed by atoms with Gasteiger partial charge in [-0.1, -0.05) is 18.2 Å². The topological polar surface area (TPSA) is 61.4 Å². The summed E-state index contributed by atoms with van der Waals surface area (Å²) in [6, 6.07) is 9.56. The van der Waals surface area contributed by atoms with Crippen LogP contribution >= 0.6 is 11.3 Å². The Morgan fingerprint density at radius 3 is 2.56 bits per heavy atom. The van der Waals surface area contributed by atoms with E-state index in [2.05, 4.69) is 10.6 Å². The Morgan fingerprint density at radius 1 is 1.04 bits per heavy atom. The van der Waals surface area contributed by atoms with Crippen molar-refractivity contribution in [2.45, 2.75) is 44.6 Å². The molecule has 1 aromatic heterocycles. The van der Waals surface area contributed by atoms with E-state index in [4.69, 9.17) is 0 Å². The van der Waals surface area contributed by atoms with Crippen LogP contribution in [-0.2, 0) is 12.8 Å². The first-order valence-electron chi connectivity index (χ1n) is 9.72. The fourth-order valence-electron chi connectivity index (χ4n) is 3.90. The minimum atomic E-state index is -0.0714. The van der Waals surface area contributed by atoms with Gasteiger partial charge in [0.25, 0.3) is 5.91 Å². The molecule has 0 radical (unpaired) electrons. The quantitative estimate of drug-likeness (QED) is 0.840. The van der Waals surface area contributed by atoms with E-state index in [0.717, 1.165) is 36.9 Å². The van der Waals surface area contributed by atoms with Gasteiger partial charge in [-0.25, -0.2) is 4.79 Å². The Balaban J connectivity index is 1.29. The Bertz CT molecular complexity index is 810. The zero-order valence-corrected chi connectivity index (χ0v) is 16.2. The predicted molar refractivity (Wildman–Crippen MR) is 108 cm³/mol. The number of anilines is 1. The highest BCUT2D eigenvalue weighted by molar-refractivity contribution is 7.10. The van der Waals surface area contributed by atoms with Crippen LogP contribution in [0.2, 0.25) is 0 Å². The standard InChI is InChI=1S/C21H25N3O2S/c25-20(18-14-27-19-9-5-4-8-17(18)19)22-16-10-12-24(13-11-16)21(26)23-15-6-2-1-3-7-15/h1-3,6-7,14,16H,4-5,8-13H2,(H,22,25)(H,23,26). The van der Waals surface area contributed by atoms with Crippen molar-refractivity contribution in [2.24, 2.45) is 0 Å². The molecule has 6 heteroatoms. The molecule has 2 heterocycles. The van der Waals surface area contributed by atoms with Gasteiger partial charge in [0.2, 0.25) is 0 Å². The number of urea groups is 1. The van der Waals surface area contributed by atoms with Gasteiger partial charge >= 0.3 is 6.03 Å². The summed E-state index contributed by atoms with van der Waals surface area (Å²) >= 11 is 1.73. The monoisotopic (exact) mass is 383 g/mol. The Hall–Kier alpha value is -2.34. The van der Waals surface area contributed by atoms with Crippen LogP contribution in [0.3, 0.4) is 0 Å². The first-order valence-corrected chi connectivity index (χ1v) is 10.6. The fourth-order valence-corrected chi connectivity index (χ4v) is 5.02. The summed E-state index contributed by atoms with van der Waals surface area (Å²) in [5.41, 5.74) is 2.95. The molecule has 2 aromatic rings. The second kappa shape index (κ2) is 8.13. The molecule has 5 nitrogen and oxygen atoms in total. The molecule has 2 N–H and O–H groups in total. The zero-order valence-electron chi connectivity index (χ0n) is 15.4. The summed E-state index contributed by atoms with van der Waals surface area (Å²) in [7, 11) is 0. The van der Waals surface area contributed by atoms with Crippen molar-refractivity contribution < 1.29 is 9.59 Å². The highest BCUT2D eigenvalue weighted by Gasteiger charge is 2.26. The number of rotatable bonds is 3. The lowest BCUT2D eigenvalue weighted by atomic mass is 9.95. The number of para-hydroxylation sites is 1. The van der Waals surface area contributed by atoms with E-state index >= 15 is 0 Å². The zero-order chi connectivity index (χ0) is 18.6. The molecule has 27 heavy (non-hydrogen) atoms. The minimum absolute atomic E-state index is 0.0570. The molecule has 1 aliphatic carbocycles. The van der Waals surface area contributed by atoms with Gasteiger partial charge in [0.1, 0.15) is 0 Å². The number of carbonyl (C=O) groups excluding carboxylic acids is 2. The van der Waals surface area contributed by atoms with Gasteiger partial charge in [0.05, 0.1) is 5.56 Å². The maximum absolute atomic E-state index is 12.7. The first-order chi connectivity index (χ1) is 13.2. The Kier molecular flexibility index (Phi) is 5.43. The second-order valence-corrected chi connectivity index (χ2v) is 8.25. The van der Waals surface area contributed by atoms with Gasteiger partial charge in [-0.05, 0) is 56.2 Å². The number of nitrogens with one attached hydrogen (secondary N) is 2. The van der Waals surface area contributed by atoms with Crippen LogP contribution in [0.1, 0.15) is 46.5 Å². The molecule has 4 rings (SSSR count). The number of amides is 3. The van der Waals surface area contributed by atoms with E-state index in [9.17, 15) is 9.59 Å². The maximum atomic E-state index is 12.7. The lowest BCUT2D eigenvalue weighted by molar-refractivity contribution is 0.0918. The average Bonchev–Trinajstić information content (AvgIpc) is 3.13. The highest BCUT2D eigenvalue weighted by Crippen LogP contribution is 2.30. The van der Waals surface area contributed by atoms with Crippen molar-refractivity contribution in [3.05, 3.63) is 51.7 Å². The first kappa shape index (κ1) is 18.0. The minimum Gasteiger partial charge on any atom is -0.349 e. The molecule has 0 spiro atoms. The number of likely N-dealkylation sites (tertiary alicyclic amines) is 1.